The van der Waals surface area contributed by atoms with E-state index in [4.69, 9.17) is 10.1 Å². The van der Waals surface area contributed by atoms with Gasteiger partial charge in [0.2, 0.25) is 5.91 Å². The molecule has 1 amide bonds. The van der Waals surface area contributed by atoms with Crippen LogP contribution in [0.2, 0.25) is 0 Å². The van der Waals surface area contributed by atoms with Gasteiger partial charge in [-0.1, -0.05) is 6.08 Å². The number of allylic oxidation sites excluding steroid dienone is 1. The first-order valence-electron chi connectivity index (χ1n) is 13.1. The highest BCUT2D eigenvalue weighted by molar-refractivity contribution is 6.09. The molecule has 2 aliphatic heterocycles. The summed E-state index contributed by atoms with van der Waals surface area (Å²) in [6.45, 7) is 0.780. The highest BCUT2D eigenvalue weighted by atomic mass is 16.3. The molecule has 3 aromatic heterocycles. The molecule has 36 heavy (non-hydrogen) atoms. The van der Waals surface area contributed by atoms with Crippen LogP contribution in [0.4, 0.5) is 0 Å². The van der Waals surface area contributed by atoms with E-state index in [0.717, 1.165) is 53.5 Å². The fraction of sp³-hybridized carbons (Fsp3) is 0.379. The van der Waals surface area contributed by atoms with Crippen LogP contribution in [0.5, 0.6) is 0 Å². The number of aromatic nitrogens is 3. The Kier molecular flexibility index (Phi) is 6.23. The van der Waals surface area contributed by atoms with Crippen LogP contribution >= 0.6 is 0 Å². The van der Waals surface area contributed by atoms with Gasteiger partial charge in [0.1, 0.15) is 0 Å². The lowest BCUT2D eigenvalue weighted by atomic mass is 9.96. The molecular formula is C29H33N5O2. The largest absolute Gasteiger partial charge is 0.396 e. The van der Waals surface area contributed by atoms with Crippen molar-refractivity contribution in [2.45, 2.75) is 56.9 Å². The first-order chi connectivity index (χ1) is 17.6. The van der Waals surface area contributed by atoms with Crippen LogP contribution in [0.25, 0.3) is 12.2 Å². The van der Waals surface area contributed by atoms with E-state index in [1.165, 1.54) is 22.5 Å². The third-order valence-corrected chi connectivity index (χ3v) is 7.43. The molecule has 7 nitrogen and oxygen atoms in total. The van der Waals surface area contributed by atoms with E-state index in [-0.39, 0.29) is 24.5 Å². The number of aliphatic hydroxyl groups is 1. The van der Waals surface area contributed by atoms with Gasteiger partial charge in [0.25, 0.3) is 0 Å². The van der Waals surface area contributed by atoms with Crippen LogP contribution in [-0.4, -0.2) is 50.9 Å². The number of rotatable bonds is 7. The SMILES string of the molecule is O=C(CCc1cc2[nH]c1C1CCC3=CC(C=c4ccc([nH]4)=Cc4ccc([nH]4)C2)N=C31)NCCCCO. The van der Waals surface area contributed by atoms with Crippen LogP contribution < -0.4 is 16.0 Å². The van der Waals surface area contributed by atoms with Gasteiger partial charge in [0.05, 0.1) is 6.04 Å². The van der Waals surface area contributed by atoms with Gasteiger partial charge < -0.3 is 25.4 Å². The number of hydrogen-bond donors (Lipinski definition) is 5. The number of hydrogen-bond acceptors (Lipinski definition) is 3. The third-order valence-electron chi connectivity index (χ3n) is 7.43. The lowest BCUT2D eigenvalue weighted by Crippen LogP contribution is -2.25. The molecule has 1 fully saturated rings. The Balaban J connectivity index is 1.32. The van der Waals surface area contributed by atoms with Crippen LogP contribution in [-0.2, 0) is 17.6 Å². The second kappa shape index (κ2) is 9.82. The number of nitrogens with zero attached hydrogens (tertiary/aromatic N) is 1. The Morgan fingerprint density at radius 2 is 1.97 bits per heavy atom. The Morgan fingerprint density at radius 1 is 1.06 bits per heavy atom. The minimum absolute atomic E-state index is 0.0527. The summed E-state index contributed by atoms with van der Waals surface area (Å²) in [5, 5.41) is 14.1. The van der Waals surface area contributed by atoms with Crippen molar-refractivity contribution in [3.05, 3.63) is 81.0 Å². The minimum Gasteiger partial charge on any atom is -0.396 e. The maximum absolute atomic E-state index is 12.5. The summed E-state index contributed by atoms with van der Waals surface area (Å²) in [5.74, 6) is 0.306. The Labute approximate surface area is 210 Å². The summed E-state index contributed by atoms with van der Waals surface area (Å²) in [7, 11) is 0. The van der Waals surface area contributed by atoms with E-state index in [1.54, 1.807) is 0 Å². The van der Waals surface area contributed by atoms with Gasteiger partial charge in [0, 0.05) is 71.1 Å². The van der Waals surface area contributed by atoms with E-state index in [0.29, 0.717) is 25.8 Å². The second-order valence-electron chi connectivity index (χ2n) is 10.1. The first-order valence-corrected chi connectivity index (χ1v) is 13.1. The molecule has 7 heteroatoms. The number of fused-ring (bicyclic) bond motifs is 8. The maximum atomic E-state index is 12.5. The Hall–Kier alpha value is -3.58. The van der Waals surface area contributed by atoms with Crippen molar-refractivity contribution in [1.82, 2.24) is 20.3 Å². The molecule has 5 heterocycles. The number of aliphatic hydroxyl groups excluding tert-OH is 1. The summed E-state index contributed by atoms with van der Waals surface area (Å²) in [5.41, 5.74) is 8.37. The number of carbonyl (C=O) groups is 1. The minimum atomic E-state index is 0.0527. The molecule has 3 aliphatic rings. The van der Waals surface area contributed by atoms with Crippen molar-refractivity contribution in [2.75, 3.05) is 13.2 Å². The third kappa shape index (κ3) is 4.75. The summed E-state index contributed by atoms with van der Waals surface area (Å²) in [6.07, 6.45) is 12.2. The summed E-state index contributed by atoms with van der Waals surface area (Å²) in [4.78, 5) is 28.4. The molecule has 6 rings (SSSR count). The highest BCUT2D eigenvalue weighted by Gasteiger charge is 2.34. The van der Waals surface area contributed by atoms with Gasteiger partial charge >= 0.3 is 0 Å². The predicted molar refractivity (Wildman–Crippen MR) is 141 cm³/mol. The average molecular weight is 484 g/mol. The zero-order valence-corrected chi connectivity index (χ0v) is 20.4. The Morgan fingerprint density at radius 3 is 2.89 bits per heavy atom. The van der Waals surface area contributed by atoms with Gasteiger partial charge in [-0.25, -0.2) is 0 Å². The van der Waals surface area contributed by atoms with E-state index < -0.39 is 0 Å². The summed E-state index contributed by atoms with van der Waals surface area (Å²) in [6, 6.07) is 10.8. The molecule has 8 bridgehead atoms. The molecule has 5 N–H and O–H groups in total. The molecular weight excluding hydrogens is 450 g/mol. The van der Waals surface area contributed by atoms with Crippen molar-refractivity contribution >= 4 is 23.8 Å². The summed E-state index contributed by atoms with van der Waals surface area (Å²) < 4.78 is 0. The summed E-state index contributed by atoms with van der Waals surface area (Å²) >= 11 is 0. The smallest absolute Gasteiger partial charge is 0.220 e. The molecule has 0 saturated heterocycles. The predicted octanol–water partition coefficient (Wildman–Crippen LogP) is 2.33. The van der Waals surface area contributed by atoms with Crippen molar-refractivity contribution in [1.29, 1.82) is 0 Å². The number of H-pyrrole nitrogens is 3. The van der Waals surface area contributed by atoms with Crippen molar-refractivity contribution in [3.8, 4) is 0 Å². The quantitative estimate of drug-likeness (QED) is 0.333. The number of nitrogens with one attached hydrogen (secondary N) is 4. The van der Waals surface area contributed by atoms with Crippen LogP contribution in [0.1, 0.15) is 66.4 Å². The second-order valence-corrected chi connectivity index (χ2v) is 10.1. The molecule has 0 aromatic carbocycles. The molecule has 2 atom stereocenters. The van der Waals surface area contributed by atoms with Crippen molar-refractivity contribution < 1.29 is 9.90 Å². The van der Waals surface area contributed by atoms with Crippen LogP contribution in [0.3, 0.4) is 0 Å². The van der Waals surface area contributed by atoms with E-state index in [9.17, 15) is 4.79 Å². The zero-order chi connectivity index (χ0) is 24.5. The van der Waals surface area contributed by atoms with Gasteiger partial charge in [-0.15, -0.1) is 0 Å². The molecule has 0 radical (unpaired) electrons. The van der Waals surface area contributed by atoms with Crippen LogP contribution in [0.15, 0.2) is 47.0 Å². The average Bonchev–Trinajstić information content (AvgIpc) is 3.67. The number of unbranched alkanes of at least 4 members (excludes halogenated alkanes) is 1. The molecule has 0 spiro atoms. The normalized spacial score (nSPS) is 19.9. The van der Waals surface area contributed by atoms with Crippen LogP contribution in [0, 0.1) is 0 Å². The van der Waals surface area contributed by atoms with E-state index >= 15 is 0 Å². The van der Waals surface area contributed by atoms with Gasteiger partial charge in [0.15, 0.2) is 0 Å². The Bertz CT molecular complexity index is 1450. The van der Waals surface area contributed by atoms with Crippen molar-refractivity contribution in [2.24, 2.45) is 4.99 Å². The number of aryl methyl sites for hydroxylation is 1. The molecule has 1 aliphatic carbocycles. The van der Waals surface area contributed by atoms with Gasteiger partial charge in [-0.3, -0.25) is 9.79 Å². The van der Waals surface area contributed by atoms with E-state index in [1.807, 2.05) is 0 Å². The van der Waals surface area contributed by atoms with Gasteiger partial charge in [-0.05, 0) is 85.7 Å². The lowest BCUT2D eigenvalue weighted by Gasteiger charge is -2.13. The number of carbonyl (C=O) groups excluding carboxylic acids is 1. The topological polar surface area (TPSA) is 109 Å². The van der Waals surface area contributed by atoms with E-state index in [2.05, 4.69) is 68.8 Å². The first kappa shape index (κ1) is 22.9. The highest BCUT2D eigenvalue weighted by Crippen LogP contribution is 2.40. The lowest BCUT2D eigenvalue weighted by molar-refractivity contribution is -0.121. The number of aliphatic imine (C=N–C) groups is 1. The van der Waals surface area contributed by atoms with Gasteiger partial charge in [-0.2, -0.15) is 0 Å². The van der Waals surface area contributed by atoms with Crippen molar-refractivity contribution in [3.63, 3.8) is 0 Å². The molecule has 3 aromatic rings. The fourth-order valence-electron chi connectivity index (χ4n) is 5.71. The fourth-order valence-corrected chi connectivity index (χ4v) is 5.71. The molecule has 186 valence electrons. The molecule has 1 saturated carbocycles. The molecule has 2 unspecified atom stereocenters. The number of aromatic amines is 3. The maximum Gasteiger partial charge on any atom is 0.220 e. The number of amides is 1. The standard InChI is InChI=1S/C29H33N5O2/c35-12-2-1-11-30-27(36)10-4-19-14-25-17-23-8-6-21(32-23)15-20-5-7-22(31-20)16-24-13-18-3-9-26(28(18)33-24)29(19)34-25/h5-8,13-16,24,26,31-32,34-35H,1-4,9-12,17H2,(H,30,36). The monoisotopic (exact) mass is 483 g/mol. The zero-order valence-electron chi connectivity index (χ0n) is 20.4.